The minimum atomic E-state index is -0.227. The Labute approximate surface area is 89.4 Å². The van der Waals surface area contributed by atoms with Crippen LogP contribution in [0.15, 0.2) is 24.3 Å². The molecule has 15 heavy (non-hydrogen) atoms. The van der Waals surface area contributed by atoms with Crippen molar-refractivity contribution in [1.82, 2.24) is 0 Å². The van der Waals surface area contributed by atoms with Gasteiger partial charge >= 0.3 is 0 Å². The van der Waals surface area contributed by atoms with Crippen molar-refractivity contribution in [2.75, 3.05) is 11.9 Å². The fourth-order valence-electron chi connectivity index (χ4n) is 1.13. The number of anilines is 1. The Morgan fingerprint density at radius 1 is 1.47 bits per heavy atom. The molecule has 82 valence electrons. The number of hydrogen-bond donors (Lipinski definition) is 2. The maximum absolute atomic E-state index is 11.1. The van der Waals surface area contributed by atoms with Crippen molar-refractivity contribution in [1.29, 1.82) is 0 Å². The topological polar surface area (TPSA) is 64.3 Å². The molecule has 0 bridgehead atoms. The molecular formula is C11H16N2O2. The summed E-state index contributed by atoms with van der Waals surface area (Å²) in [7, 11) is 0. The zero-order valence-electron chi connectivity index (χ0n) is 8.99. The van der Waals surface area contributed by atoms with Crippen LogP contribution in [0.3, 0.4) is 0 Å². The highest BCUT2D eigenvalue weighted by Crippen LogP contribution is 2.24. The number of benzene rings is 1. The predicted octanol–water partition coefficient (Wildman–Crippen LogP) is 1.37. The monoisotopic (exact) mass is 208 g/mol. The average molecular weight is 208 g/mol. The second-order valence-corrected chi connectivity index (χ2v) is 3.42. The summed E-state index contributed by atoms with van der Waals surface area (Å²) in [6, 6.07) is 7.28. The normalized spacial score (nSPS) is 10.1. The number of para-hydroxylation sites is 2. The lowest BCUT2D eigenvalue weighted by Crippen LogP contribution is -2.22. The van der Waals surface area contributed by atoms with Crippen LogP contribution in [0.4, 0.5) is 5.69 Å². The summed E-state index contributed by atoms with van der Waals surface area (Å²) < 4.78 is 5.54. The van der Waals surface area contributed by atoms with E-state index < -0.39 is 0 Å². The van der Waals surface area contributed by atoms with E-state index in [0.29, 0.717) is 11.4 Å². The van der Waals surface area contributed by atoms with Crippen LogP contribution in [0.5, 0.6) is 5.75 Å². The lowest BCUT2D eigenvalue weighted by atomic mass is 10.3. The van der Waals surface area contributed by atoms with Gasteiger partial charge in [-0.1, -0.05) is 12.1 Å². The van der Waals surface area contributed by atoms with Gasteiger partial charge < -0.3 is 15.8 Å². The predicted molar refractivity (Wildman–Crippen MR) is 59.9 cm³/mol. The highest BCUT2D eigenvalue weighted by molar-refractivity contribution is 5.93. The number of carbonyl (C=O) groups excluding carboxylic acids is 1. The minimum Gasteiger partial charge on any atom is -0.489 e. The third kappa shape index (κ3) is 3.59. The summed E-state index contributed by atoms with van der Waals surface area (Å²) in [5.74, 6) is 0.434. The van der Waals surface area contributed by atoms with E-state index in [1.54, 1.807) is 6.07 Å². The Morgan fingerprint density at radius 3 is 2.73 bits per heavy atom. The third-order valence-electron chi connectivity index (χ3n) is 1.71. The van der Waals surface area contributed by atoms with Crippen molar-refractivity contribution in [2.24, 2.45) is 5.73 Å². The van der Waals surface area contributed by atoms with E-state index in [9.17, 15) is 4.79 Å². The number of nitrogens with two attached hydrogens (primary N) is 1. The molecule has 1 aromatic rings. The molecule has 0 fully saturated rings. The molecule has 0 aliphatic heterocycles. The van der Waals surface area contributed by atoms with Crippen molar-refractivity contribution >= 4 is 11.6 Å². The fraction of sp³-hybridized carbons (Fsp3) is 0.364. The van der Waals surface area contributed by atoms with E-state index in [1.807, 2.05) is 32.0 Å². The first kappa shape index (κ1) is 11.5. The van der Waals surface area contributed by atoms with E-state index in [-0.39, 0.29) is 18.6 Å². The lowest BCUT2D eigenvalue weighted by molar-refractivity contribution is -0.114. The molecule has 0 saturated heterocycles. The first-order valence-electron chi connectivity index (χ1n) is 4.89. The molecule has 4 heteroatoms. The number of ether oxygens (including phenoxy) is 1. The summed E-state index contributed by atoms with van der Waals surface area (Å²) >= 11 is 0. The van der Waals surface area contributed by atoms with Crippen LogP contribution in [-0.4, -0.2) is 18.6 Å². The summed E-state index contributed by atoms with van der Waals surface area (Å²) in [5, 5.41) is 2.68. The van der Waals surface area contributed by atoms with Gasteiger partial charge in [-0.05, 0) is 26.0 Å². The Kier molecular flexibility index (Phi) is 4.12. The van der Waals surface area contributed by atoms with Gasteiger partial charge in [0.05, 0.1) is 18.3 Å². The second-order valence-electron chi connectivity index (χ2n) is 3.42. The van der Waals surface area contributed by atoms with Crippen molar-refractivity contribution in [3.8, 4) is 5.75 Å². The zero-order chi connectivity index (χ0) is 11.3. The molecule has 0 aliphatic carbocycles. The molecule has 0 heterocycles. The van der Waals surface area contributed by atoms with E-state index in [4.69, 9.17) is 10.5 Å². The number of hydrogen-bond acceptors (Lipinski definition) is 3. The first-order valence-corrected chi connectivity index (χ1v) is 4.89. The van der Waals surface area contributed by atoms with Crippen LogP contribution in [-0.2, 0) is 4.79 Å². The Hall–Kier alpha value is -1.55. The van der Waals surface area contributed by atoms with Gasteiger partial charge in [-0.15, -0.1) is 0 Å². The molecule has 1 rings (SSSR count). The molecule has 0 saturated carbocycles. The van der Waals surface area contributed by atoms with Crippen LogP contribution in [0.2, 0.25) is 0 Å². The molecule has 0 atom stereocenters. The number of amides is 1. The number of carbonyl (C=O) groups is 1. The lowest BCUT2D eigenvalue weighted by Gasteiger charge is -2.14. The van der Waals surface area contributed by atoms with E-state index >= 15 is 0 Å². The molecule has 0 aromatic heterocycles. The maximum Gasteiger partial charge on any atom is 0.238 e. The molecule has 0 spiro atoms. The average Bonchev–Trinajstić information content (AvgIpc) is 2.20. The van der Waals surface area contributed by atoms with Crippen LogP contribution in [0.25, 0.3) is 0 Å². The first-order chi connectivity index (χ1) is 7.13. The third-order valence-corrected chi connectivity index (χ3v) is 1.71. The van der Waals surface area contributed by atoms with Crippen LogP contribution in [0, 0.1) is 0 Å². The van der Waals surface area contributed by atoms with Crippen LogP contribution < -0.4 is 15.8 Å². The SMILES string of the molecule is CC(C)Oc1ccccc1NC(=O)CN. The highest BCUT2D eigenvalue weighted by Gasteiger charge is 2.06. The Balaban J connectivity index is 2.81. The summed E-state index contributed by atoms with van der Waals surface area (Å²) in [4.78, 5) is 11.1. The van der Waals surface area contributed by atoms with Crippen molar-refractivity contribution < 1.29 is 9.53 Å². The molecular weight excluding hydrogens is 192 g/mol. The smallest absolute Gasteiger partial charge is 0.238 e. The Morgan fingerprint density at radius 2 is 2.13 bits per heavy atom. The van der Waals surface area contributed by atoms with Gasteiger partial charge in [0.25, 0.3) is 0 Å². The van der Waals surface area contributed by atoms with Crippen molar-refractivity contribution in [2.45, 2.75) is 20.0 Å². The van der Waals surface area contributed by atoms with Gasteiger partial charge in [0, 0.05) is 0 Å². The largest absolute Gasteiger partial charge is 0.489 e. The Bertz CT molecular complexity index is 337. The van der Waals surface area contributed by atoms with Crippen molar-refractivity contribution in [3.05, 3.63) is 24.3 Å². The highest BCUT2D eigenvalue weighted by atomic mass is 16.5. The quantitative estimate of drug-likeness (QED) is 0.785. The number of rotatable bonds is 4. The molecule has 1 amide bonds. The van der Waals surface area contributed by atoms with Gasteiger partial charge in [-0.3, -0.25) is 4.79 Å². The van der Waals surface area contributed by atoms with Gasteiger partial charge in [-0.25, -0.2) is 0 Å². The summed E-state index contributed by atoms with van der Waals surface area (Å²) in [6.07, 6.45) is 0.0703. The summed E-state index contributed by atoms with van der Waals surface area (Å²) in [5.41, 5.74) is 5.87. The molecule has 4 nitrogen and oxygen atoms in total. The van der Waals surface area contributed by atoms with E-state index in [1.165, 1.54) is 0 Å². The molecule has 0 radical (unpaired) electrons. The molecule has 1 aromatic carbocycles. The standard InChI is InChI=1S/C11H16N2O2/c1-8(2)15-10-6-4-3-5-9(10)13-11(14)7-12/h3-6,8H,7,12H2,1-2H3,(H,13,14). The minimum absolute atomic E-state index is 0.0317. The van der Waals surface area contributed by atoms with Gasteiger partial charge in [0.1, 0.15) is 5.75 Å². The molecule has 3 N–H and O–H groups in total. The molecule has 0 aliphatic rings. The molecule has 0 unspecified atom stereocenters. The zero-order valence-corrected chi connectivity index (χ0v) is 8.99. The van der Waals surface area contributed by atoms with Gasteiger partial charge in [-0.2, -0.15) is 0 Å². The van der Waals surface area contributed by atoms with E-state index in [2.05, 4.69) is 5.32 Å². The van der Waals surface area contributed by atoms with Crippen molar-refractivity contribution in [3.63, 3.8) is 0 Å². The van der Waals surface area contributed by atoms with Gasteiger partial charge in [0.15, 0.2) is 0 Å². The maximum atomic E-state index is 11.1. The van der Waals surface area contributed by atoms with Crippen LogP contribution in [0.1, 0.15) is 13.8 Å². The fourth-order valence-corrected chi connectivity index (χ4v) is 1.13. The summed E-state index contributed by atoms with van der Waals surface area (Å²) in [6.45, 7) is 3.83. The van der Waals surface area contributed by atoms with Gasteiger partial charge in [0.2, 0.25) is 5.91 Å². The number of nitrogens with one attached hydrogen (secondary N) is 1. The van der Waals surface area contributed by atoms with Crippen LogP contribution >= 0.6 is 0 Å². The van der Waals surface area contributed by atoms with E-state index in [0.717, 1.165) is 0 Å². The second kappa shape index (κ2) is 5.36.